The molecule has 0 amide bonds. The number of hydrogen-bond donors (Lipinski definition) is 0. The van der Waals surface area contributed by atoms with Crippen LogP contribution in [0.5, 0.6) is 0 Å². The van der Waals surface area contributed by atoms with Gasteiger partial charge in [-0.15, -0.1) is 0 Å². The Morgan fingerprint density at radius 2 is 2.15 bits per heavy atom. The Morgan fingerprint density at radius 1 is 1.38 bits per heavy atom. The molecule has 0 unspecified atom stereocenters. The number of aryl methyl sites for hydroxylation is 1. The van der Waals surface area contributed by atoms with Crippen molar-refractivity contribution < 1.29 is 0 Å². The molecule has 0 aliphatic rings. The summed E-state index contributed by atoms with van der Waals surface area (Å²) in [4.78, 5) is 2.23. The number of anilines is 1. The Balaban J connectivity index is 2.91. The maximum atomic E-state index is 2.23. The van der Waals surface area contributed by atoms with Crippen LogP contribution in [-0.4, -0.2) is 6.54 Å². The summed E-state index contributed by atoms with van der Waals surface area (Å²) in [5, 5.41) is 0. The Bertz CT molecular complexity index is 289. The molecule has 1 aromatic rings. The van der Waals surface area contributed by atoms with Gasteiger partial charge in [0.25, 0.3) is 0 Å². The number of hydrogen-bond acceptors (Lipinski definition) is 1. The van der Waals surface area contributed by atoms with Crippen molar-refractivity contribution in [1.29, 1.82) is 0 Å². The van der Waals surface area contributed by atoms with Crippen LogP contribution in [0.25, 0.3) is 0 Å². The van der Waals surface area contributed by atoms with Gasteiger partial charge < -0.3 is 4.90 Å². The van der Waals surface area contributed by atoms with Crippen LogP contribution >= 0.6 is 0 Å². The van der Waals surface area contributed by atoms with E-state index in [1.54, 1.807) is 0 Å². The van der Waals surface area contributed by atoms with Gasteiger partial charge in [-0.3, -0.25) is 0 Å². The zero-order chi connectivity index (χ0) is 9.68. The van der Waals surface area contributed by atoms with Crippen LogP contribution in [0.2, 0.25) is 0 Å². The lowest BCUT2D eigenvalue weighted by Crippen LogP contribution is -2.14. The second-order valence-corrected chi connectivity index (χ2v) is 3.11. The topological polar surface area (TPSA) is 3.24 Å². The van der Waals surface area contributed by atoms with Gasteiger partial charge in [0.1, 0.15) is 0 Å². The molecule has 0 saturated heterocycles. The van der Waals surface area contributed by atoms with Gasteiger partial charge in [0, 0.05) is 12.2 Å². The highest BCUT2D eigenvalue weighted by atomic mass is 15.1. The van der Waals surface area contributed by atoms with Gasteiger partial charge in [-0.25, -0.2) is 0 Å². The molecule has 1 nitrogen and oxygen atoms in total. The van der Waals surface area contributed by atoms with E-state index in [0.29, 0.717) is 0 Å². The average molecular weight is 175 g/mol. The lowest BCUT2D eigenvalue weighted by molar-refractivity contribution is 1.01. The minimum Gasteiger partial charge on any atom is -0.349 e. The van der Waals surface area contributed by atoms with E-state index in [0.717, 1.165) is 6.54 Å². The fraction of sp³-hybridized carbons (Fsp3) is 0.333. The van der Waals surface area contributed by atoms with E-state index in [4.69, 9.17) is 0 Å². The van der Waals surface area contributed by atoms with Gasteiger partial charge in [-0.2, -0.15) is 0 Å². The van der Waals surface area contributed by atoms with Crippen LogP contribution in [0.1, 0.15) is 19.4 Å². The van der Waals surface area contributed by atoms with Crippen molar-refractivity contribution in [3.05, 3.63) is 42.1 Å². The largest absolute Gasteiger partial charge is 0.349 e. The summed E-state index contributed by atoms with van der Waals surface area (Å²) in [6.07, 6.45) is 4.17. The summed E-state index contributed by atoms with van der Waals surface area (Å²) < 4.78 is 0. The van der Waals surface area contributed by atoms with Crippen LogP contribution < -0.4 is 4.90 Å². The van der Waals surface area contributed by atoms with Gasteiger partial charge in [-0.05, 0) is 44.7 Å². The highest BCUT2D eigenvalue weighted by Gasteiger charge is 1.98. The summed E-state index contributed by atoms with van der Waals surface area (Å²) in [6.45, 7) is 7.32. The summed E-state index contributed by atoms with van der Waals surface area (Å²) in [6, 6.07) is 8.55. The first-order valence-electron chi connectivity index (χ1n) is 4.74. The molecule has 0 fully saturated rings. The van der Waals surface area contributed by atoms with E-state index in [2.05, 4.69) is 55.3 Å². The molecule has 0 radical (unpaired) electrons. The minimum absolute atomic E-state index is 1.01. The van der Waals surface area contributed by atoms with Crippen LogP contribution in [-0.2, 0) is 0 Å². The third-order valence-corrected chi connectivity index (χ3v) is 2.00. The molecule has 0 aliphatic carbocycles. The van der Waals surface area contributed by atoms with Crippen molar-refractivity contribution in [3.63, 3.8) is 0 Å². The van der Waals surface area contributed by atoms with Crippen molar-refractivity contribution >= 4 is 5.69 Å². The molecular formula is C12H17N. The fourth-order valence-electron chi connectivity index (χ4n) is 1.36. The molecule has 0 spiro atoms. The lowest BCUT2D eigenvalue weighted by Gasteiger charge is -2.18. The summed E-state index contributed by atoms with van der Waals surface area (Å²) in [5.41, 5.74) is 2.57. The van der Waals surface area contributed by atoms with Gasteiger partial charge in [0.05, 0.1) is 0 Å². The second-order valence-electron chi connectivity index (χ2n) is 3.11. The fourth-order valence-corrected chi connectivity index (χ4v) is 1.36. The third kappa shape index (κ3) is 2.62. The monoisotopic (exact) mass is 175 g/mol. The second kappa shape index (κ2) is 4.70. The molecule has 0 heterocycles. The van der Waals surface area contributed by atoms with Crippen LogP contribution in [0.4, 0.5) is 5.69 Å². The van der Waals surface area contributed by atoms with E-state index >= 15 is 0 Å². The van der Waals surface area contributed by atoms with Crippen molar-refractivity contribution in [1.82, 2.24) is 0 Å². The minimum atomic E-state index is 1.01. The maximum Gasteiger partial charge on any atom is 0.0408 e. The maximum absolute atomic E-state index is 2.23. The van der Waals surface area contributed by atoms with E-state index in [1.165, 1.54) is 11.3 Å². The summed E-state index contributed by atoms with van der Waals surface area (Å²) >= 11 is 0. The first kappa shape index (κ1) is 9.85. The van der Waals surface area contributed by atoms with Crippen molar-refractivity contribution in [2.45, 2.75) is 20.8 Å². The molecule has 0 aromatic heterocycles. The number of benzene rings is 1. The zero-order valence-electron chi connectivity index (χ0n) is 8.62. The van der Waals surface area contributed by atoms with Crippen molar-refractivity contribution in [2.75, 3.05) is 11.4 Å². The molecule has 1 heteroatoms. The van der Waals surface area contributed by atoms with Gasteiger partial charge in [0.15, 0.2) is 0 Å². The molecular weight excluding hydrogens is 158 g/mol. The van der Waals surface area contributed by atoms with E-state index in [1.807, 2.05) is 6.92 Å². The van der Waals surface area contributed by atoms with Crippen LogP contribution in [0, 0.1) is 6.92 Å². The average Bonchev–Trinajstić information content (AvgIpc) is 2.14. The Hall–Kier alpha value is -1.24. The van der Waals surface area contributed by atoms with E-state index < -0.39 is 0 Å². The highest BCUT2D eigenvalue weighted by Crippen LogP contribution is 2.15. The summed E-state index contributed by atoms with van der Waals surface area (Å²) in [5.74, 6) is 0. The molecule has 70 valence electrons. The zero-order valence-corrected chi connectivity index (χ0v) is 8.62. The quantitative estimate of drug-likeness (QED) is 0.681. The van der Waals surface area contributed by atoms with E-state index in [-0.39, 0.29) is 0 Å². The predicted molar refractivity (Wildman–Crippen MR) is 59.0 cm³/mol. The SMILES string of the molecule is CC=CN(CC)c1cccc(C)c1. The molecule has 0 atom stereocenters. The number of rotatable bonds is 3. The normalized spacial score (nSPS) is 10.7. The first-order chi connectivity index (χ1) is 6.27. The lowest BCUT2D eigenvalue weighted by atomic mass is 10.2. The van der Waals surface area contributed by atoms with Crippen LogP contribution in [0.15, 0.2) is 36.5 Å². The summed E-state index contributed by atoms with van der Waals surface area (Å²) in [7, 11) is 0. The molecule has 1 rings (SSSR count). The molecule has 0 N–H and O–H groups in total. The van der Waals surface area contributed by atoms with Gasteiger partial charge in [-0.1, -0.05) is 18.2 Å². The Kier molecular flexibility index (Phi) is 3.56. The van der Waals surface area contributed by atoms with Crippen molar-refractivity contribution in [3.8, 4) is 0 Å². The first-order valence-corrected chi connectivity index (χ1v) is 4.74. The van der Waals surface area contributed by atoms with Gasteiger partial charge >= 0.3 is 0 Å². The van der Waals surface area contributed by atoms with Crippen LogP contribution in [0.3, 0.4) is 0 Å². The predicted octanol–water partition coefficient (Wildman–Crippen LogP) is 3.35. The Labute approximate surface area is 80.7 Å². The van der Waals surface area contributed by atoms with E-state index in [9.17, 15) is 0 Å². The number of nitrogens with zero attached hydrogens (tertiary/aromatic N) is 1. The number of allylic oxidation sites excluding steroid dienone is 1. The smallest absolute Gasteiger partial charge is 0.0408 e. The van der Waals surface area contributed by atoms with Crippen molar-refractivity contribution in [2.24, 2.45) is 0 Å². The molecule has 1 aromatic carbocycles. The molecule has 0 saturated carbocycles. The third-order valence-electron chi connectivity index (χ3n) is 2.00. The molecule has 13 heavy (non-hydrogen) atoms. The van der Waals surface area contributed by atoms with Gasteiger partial charge in [0.2, 0.25) is 0 Å². The standard InChI is InChI=1S/C12H17N/c1-4-9-13(5-2)12-8-6-7-11(3)10-12/h4,6-10H,5H2,1-3H3. The highest BCUT2D eigenvalue weighted by molar-refractivity contribution is 5.50. The Morgan fingerprint density at radius 3 is 2.69 bits per heavy atom. The molecule has 0 aliphatic heterocycles. The molecule has 0 bridgehead atoms.